The number of hydrogen-bond donors (Lipinski definition) is 2. The first-order chi connectivity index (χ1) is 13.5. The molecule has 5 heteroatoms. The molecule has 1 aliphatic carbocycles. The van der Waals surface area contributed by atoms with Crippen LogP contribution in [-0.4, -0.2) is 15.9 Å². The Labute approximate surface area is 168 Å². The third-order valence-corrected chi connectivity index (χ3v) is 5.55. The van der Waals surface area contributed by atoms with E-state index in [-0.39, 0.29) is 11.8 Å². The number of hydrogen-bond acceptors (Lipinski definition) is 4. The Hall–Kier alpha value is -2.43. The van der Waals surface area contributed by atoms with Crippen LogP contribution in [-0.2, 0) is 4.79 Å². The van der Waals surface area contributed by atoms with E-state index in [1.54, 1.807) is 0 Å². The smallest absolute Gasteiger partial charge is 0.227 e. The fraction of sp³-hybridized carbons (Fsp3) is 0.522. The third-order valence-electron chi connectivity index (χ3n) is 5.55. The van der Waals surface area contributed by atoms with Crippen molar-refractivity contribution < 1.29 is 4.79 Å². The summed E-state index contributed by atoms with van der Waals surface area (Å²) in [5, 5.41) is 6.33. The van der Waals surface area contributed by atoms with Crippen LogP contribution in [0.25, 0.3) is 0 Å². The second-order valence-electron chi connectivity index (χ2n) is 8.03. The number of nitrogens with zero attached hydrogens (tertiary/aromatic N) is 2. The van der Waals surface area contributed by atoms with E-state index < -0.39 is 0 Å². The van der Waals surface area contributed by atoms with Crippen molar-refractivity contribution in [3.05, 3.63) is 41.7 Å². The van der Waals surface area contributed by atoms with Crippen molar-refractivity contribution in [2.24, 2.45) is 11.8 Å². The lowest BCUT2D eigenvalue weighted by atomic mass is 9.79. The Morgan fingerprint density at radius 1 is 1.04 bits per heavy atom. The molecule has 1 aliphatic rings. The second-order valence-corrected chi connectivity index (χ2v) is 8.03. The van der Waals surface area contributed by atoms with E-state index in [1.165, 1.54) is 32.1 Å². The molecule has 3 rings (SSSR count). The van der Waals surface area contributed by atoms with Crippen LogP contribution in [0.4, 0.5) is 17.3 Å². The highest BCUT2D eigenvalue weighted by Gasteiger charge is 2.26. The van der Waals surface area contributed by atoms with Crippen LogP contribution in [0.1, 0.15) is 63.3 Å². The topological polar surface area (TPSA) is 66.9 Å². The number of amides is 1. The minimum absolute atomic E-state index is 0.136. The van der Waals surface area contributed by atoms with Gasteiger partial charge in [-0.3, -0.25) is 4.79 Å². The first-order valence-corrected chi connectivity index (χ1v) is 10.5. The fourth-order valence-electron chi connectivity index (χ4n) is 4.04. The van der Waals surface area contributed by atoms with Crippen LogP contribution in [0.2, 0.25) is 0 Å². The van der Waals surface area contributed by atoms with Gasteiger partial charge in [0.1, 0.15) is 0 Å². The summed E-state index contributed by atoms with van der Waals surface area (Å²) in [5.74, 6) is 1.67. The lowest BCUT2D eigenvalue weighted by molar-refractivity contribution is -0.121. The highest BCUT2D eigenvalue weighted by atomic mass is 16.1. The number of carbonyl (C=O) groups is 1. The van der Waals surface area contributed by atoms with Crippen LogP contribution < -0.4 is 10.6 Å². The maximum absolute atomic E-state index is 12.7. The lowest BCUT2D eigenvalue weighted by Crippen LogP contribution is -2.27. The summed E-state index contributed by atoms with van der Waals surface area (Å²) in [7, 11) is 0. The minimum Gasteiger partial charge on any atom is -0.326 e. The van der Waals surface area contributed by atoms with Gasteiger partial charge in [0.2, 0.25) is 11.9 Å². The molecule has 2 aromatic rings. The van der Waals surface area contributed by atoms with Gasteiger partial charge in [-0.05, 0) is 69.7 Å². The summed E-state index contributed by atoms with van der Waals surface area (Å²) >= 11 is 0. The SMILES string of the molecule is CCCCC1CCC(C(=O)Nc2cccc(Nc3nc(C)cc(C)n3)c2)CC1. The van der Waals surface area contributed by atoms with E-state index in [2.05, 4.69) is 27.5 Å². The van der Waals surface area contributed by atoms with Crippen molar-refractivity contribution >= 4 is 23.2 Å². The predicted octanol–water partition coefficient (Wildman–Crippen LogP) is 5.77. The Balaban J connectivity index is 1.56. The highest BCUT2D eigenvalue weighted by molar-refractivity contribution is 5.93. The van der Waals surface area contributed by atoms with Crippen molar-refractivity contribution in [2.75, 3.05) is 10.6 Å². The van der Waals surface area contributed by atoms with Crippen molar-refractivity contribution in [2.45, 2.75) is 65.7 Å². The molecule has 0 saturated heterocycles. The van der Waals surface area contributed by atoms with Crippen LogP contribution in [0.3, 0.4) is 0 Å². The molecule has 2 N–H and O–H groups in total. The maximum Gasteiger partial charge on any atom is 0.227 e. The van der Waals surface area contributed by atoms with Crippen molar-refractivity contribution in [1.82, 2.24) is 9.97 Å². The van der Waals surface area contributed by atoms with Crippen molar-refractivity contribution in [3.63, 3.8) is 0 Å². The summed E-state index contributed by atoms with van der Waals surface area (Å²) in [4.78, 5) is 21.5. The third kappa shape index (κ3) is 5.78. The van der Waals surface area contributed by atoms with E-state index in [4.69, 9.17) is 0 Å². The fourth-order valence-corrected chi connectivity index (χ4v) is 4.04. The molecule has 28 heavy (non-hydrogen) atoms. The summed E-state index contributed by atoms with van der Waals surface area (Å²) in [6, 6.07) is 9.70. The zero-order chi connectivity index (χ0) is 19.9. The van der Waals surface area contributed by atoms with Gasteiger partial charge in [-0.2, -0.15) is 0 Å². The van der Waals surface area contributed by atoms with Gasteiger partial charge in [-0.25, -0.2) is 9.97 Å². The van der Waals surface area contributed by atoms with Crippen LogP contribution in [0.15, 0.2) is 30.3 Å². The molecule has 1 saturated carbocycles. The summed E-state index contributed by atoms with van der Waals surface area (Å²) in [6.45, 7) is 6.15. The molecule has 1 amide bonds. The number of rotatable bonds is 7. The lowest BCUT2D eigenvalue weighted by Gasteiger charge is -2.27. The second kappa shape index (κ2) is 9.67. The van der Waals surface area contributed by atoms with E-state index in [0.29, 0.717) is 5.95 Å². The first-order valence-electron chi connectivity index (χ1n) is 10.5. The minimum atomic E-state index is 0.136. The van der Waals surface area contributed by atoms with Gasteiger partial charge in [0.15, 0.2) is 0 Å². The number of aryl methyl sites for hydroxylation is 2. The Bertz CT molecular complexity index is 777. The van der Waals surface area contributed by atoms with Gasteiger partial charge in [-0.15, -0.1) is 0 Å². The molecule has 0 aliphatic heterocycles. The van der Waals surface area contributed by atoms with Gasteiger partial charge in [0, 0.05) is 28.7 Å². The highest BCUT2D eigenvalue weighted by Crippen LogP contribution is 2.32. The quantitative estimate of drug-likeness (QED) is 0.640. The molecular formula is C23H32N4O. The number of anilines is 3. The van der Waals surface area contributed by atoms with E-state index in [0.717, 1.165) is 41.5 Å². The normalized spacial score (nSPS) is 19.2. The van der Waals surface area contributed by atoms with Gasteiger partial charge >= 0.3 is 0 Å². The van der Waals surface area contributed by atoms with Gasteiger partial charge in [0.25, 0.3) is 0 Å². The van der Waals surface area contributed by atoms with Crippen LogP contribution in [0.5, 0.6) is 0 Å². The number of unbranched alkanes of at least 4 members (excludes halogenated alkanes) is 1. The van der Waals surface area contributed by atoms with E-state index >= 15 is 0 Å². The molecule has 1 fully saturated rings. The molecule has 0 bridgehead atoms. The molecule has 150 valence electrons. The molecule has 0 spiro atoms. The number of aromatic nitrogens is 2. The Morgan fingerprint density at radius 2 is 1.71 bits per heavy atom. The molecular weight excluding hydrogens is 348 g/mol. The first kappa shape index (κ1) is 20.3. The molecule has 0 unspecified atom stereocenters. The van der Waals surface area contributed by atoms with Crippen LogP contribution >= 0.6 is 0 Å². The zero-order valence-electron chi connectivity index (χ0n) is 17.3. The number of nitrogens with one attached hydrogen (secondary N) is 2. The summed E-state index contributed by atoms with van der Waals surface area (Å²) in [5.41, 5.74) is 3.53. The number of carbonyl (C=O) groups excluding carboxylic acids is 1. The predicted molar refractivity (Wildman–Crippen MR) is 115 cm³/mol. The molecule has 1 aromatic carbocycles. The molecule has 0 atom stereocenters. The molecule has 0 radical (unpaired) electrons. The monoisotopic (exact) mass is 380 g/mol. The van der Waals surface area contributed by atoms with Crippen molar-refractivity contribution in [3.8, 4) is 0 Å². The van der Waals surface area contributed by atoms with E-state index in [1.807, 2.05) is 44.2 Å². The number of benzene rings is 1. The molecule has 1 aromatic heterocycles. The average Bonchev–Trinajstić information content (AvgIpc) is 2.66. The standard InChI is InChI=1S/C23H32N4O/c1-4-5-7-18-10-12-19(13-11-18)22(28)26-20-8-6-9-21(15-20)27-23-24-16(2)14-17(3)25-23/h6,8-9,14-15,18-19H,4-5,7,10-13H2,1-3H3,(H,26,28)(H,24,25,27). The molecule has 1 heterocycles. The molecule has 5 nitrogen and oxygen atoms in total. The van der Waals surface area contributed by atoms with Gasteiger partial charge in [0.05, 0.1) is 0 Å². The average molecular weight is 381 g/mol. The Morgan fingerprint density at radius 3 is 2.39 bits per heavy atom. The van der Waals surface area contributed by atoms with E-state index in [9.17, 15) is 4.79 Å². The Kier molecular flexibility index (Phi) is 7.01. The zero-order valence-corrected chi connectivity index (χ0v) is 17.3. The summed E-state index contributed by atoms with van der Waals surface area (Å²) < 4.78 is 0. The van der Waals surface area contributed by atoms with Gasteiger partial charge < -0.3 is 10.6 Å². The van der Waals surface area contributed by atoms with Crippen molar-refractivity contribution in [1.29, 1.82) is 0 Å². The van der Waals surface area contributed by atoms with Crippen LogP contribution in [0, 0.1) is 25.7 Å². The summed E-state index contributed by atoms with van der Waals surface area (Å²) in [6.07, 6.45) is 8.28. The largest absolute Gasteiger partial charge is 0.326 e. The van der Waals surface area contributed by atoms with Gasteiger partial charge in [-0.1, -0.05) is 32.3 Å². The maximum atomic E-state index is 12.7.